The lowest BCUT2D eigenvalue weighted by atomic mass is 10.1. The Hall–Kier alpha value is -3.61. The molecule has 1 N–H and O–H groups in total. The topological polar surface area (TPSA) is 79.0 Å². The number of benzene rings is 2. The van der Waals surface area contributed by atoms with E-state index in [4.69, 9.17) is 4.74 Å². The summed E-state index contributed by atoms with van der Waals surface area (Å²) in [7, 11) is 0. The third kappa shape index (κ3) is 4.66. The van der Waals surface area contributed by atoms with Crippen LogP contribution in [-0.4, -0.2) is 42.3 Å². The van der Waals surface area contributed by atoms with Gasteiger partial charge >= 0.3 is 0 Å². The van der Waals surface area contributed by atoms with Crippen LogP contribution in [0.1, 0.15) is 36.0 Å². The van der Waals surface area contributed by atoms with Crippen molar-refractivity contribution >= 4 is 29.5 Å². The van der Waals surface area contributed by atoms with Crippen molar-refractivity contribution in [3.8, 4) is 5.75 Å². The zero-order valence-corrected chi connectivity index (χ0v) is 18.4. The predicted octanol–water partition coefficient (Wildman–Crippen LogP) is 3.16. The minimum atomic E-state index is -0.444. The third-order valence-electron chi connectivity index (χ3n) is 5.90. The molecule has 2 aliphatic heterocycles. The maximum absolute atomic E-state index is 12.8. The van der Waals surface area contributed by atoms with Gasteiger partial charge < -0.3 is 9.64 Å². The molecule has 0 bridgehead atoms. The van der Waals surface area contributed by atoms with Gasteiger partial charge in [0.2, 0.25) is 0 Å². The predicted molar refractivity (Wildman–Crippen MR) is 122 cm³/mol. The van der Waals surface area contributed by atoms with Crippen LogP contribution in [0.2, 0.25) is 0 Å². The van der Waals surface area contributed by atoms with Crippen LogP contribution in [0.25, 0.3) is 6.08 Å². The molecule has 4 rings (SSSR count). The number of nitrogens with zero attached hydrogens (tertiary/aromatic N) is 2. The standard InChI is InChI=1S/C25H27N3O4/c1-17-6-9-20(14-18(17)2)28-25(31)22(24(30)26-28)15-19-7-10-21(11-8-19)32-16-23(29)27-12-4-3-5-13-27/h6-11,14-15H,3-5,12-13,16H2,1-2H3,(H,26,30). The van der Waals surface area contributed by atoms with Crippen molar-refractivity contribution in [2.75, 3.05) is 24.7 Å². The minimum Gasteiger partial charge on any atom is -0.484 e. The highest BCUT2D eigenvalue weighted by Gasteiger charge is 2.34. The van der Waals surface area contributed by atoms with E-state index in [-0.39, 0.29) is 18.1 Å². The Balaban J connectivity index is 1.41. The van der Waals surface area contributed by atoms with Crippen molar-refractivity contribution in [1.29, 1.82) is 0 Å². The second-order valence-corrected chi connectivity index (χ2v) is 8.21. The minimum absolute atomic E-state index is 0.00412. The highest BCUT2D eigenvalue weighted by atomic mass is 16.5. The Morgan fingerprint density at radius 2 is 1.72 bits per heavy atom. The van der Waals surface area contributed by atoms with Gasteiger partial charge in [0.1, 0.15) is 11.3 Å². The average Bonchev–Trinajstić information content (AvgIpc) is 3.09. The lowest BCUT2D eigenvalue weighted by molar-refractivity contribution is -0.134. The largest absolute Gasteiger partial charge is 0.484 e. The van der Waals surface area contributed by atoms with Crippen LogP contribution < -0.4 is 15.2 Å². The van der Waals surface area contributed by atoms with Crippen molar-refractivity contribution in [2.45, 2.75) is 33.1 Å². The summed E-state index contributed by atoms with van der Waals surface area (Å²) >= 11 is 0. The molecule has 166 valence electrons. The molecular weight excluding hydrogens is 406 g/mol. The summed E-state index contributed by atoms with van der Waals surface area (Å²) in [5.74, 6) is -0.279. The van der Waals surface area contributed by atoms with E-state index >= 15 is 0 Å². The molecule has 0 aliphatic carbocycles. The number of nitrogens with one attached hydrogen (secondary N) is 1. The molecule has 2 heterocycles. The van der Waals surface area contributed by atoms with E-state index in [1.165, 1.54) is 11.4 Å². The van der Waals surface area contributed by atoms with Crippen molar-refractivity contribution in [2.24, 2.45) is 0 Å². The molecular formula is C25H27N3O4. The molecule has 0 atom stereocenters. The second kappa shape index (κ2) is 9.26. The van der Waals surface area contributed by atoms with Gasteiger partial charge in [0.15, 0.2) is 6.61 Å². The Labute approximate surface area is 187 Å². The van der Waals surface area contributed by atoms with Gasteiger partial charge in [0.25, 0.3) is 17.7 Å². The fraction of sp³-hybridized carbons (Fsp3) is 0.320. The van der Waals surface area contributed by atoms with E-state index in [0.29, 0.717) is 17.0 Å². The van der Waals surface area contributed by atoms with Gasteiger partial charge in [-0.2, -0.15) is 0 Å². The lowest BCUT2D eigenvalue weighted by Crippen LogP contribution is -2.38. The number of aryl methyl sites for hydroxylation is 2. The second-order valence-electron chi connectivity index (χ2n) is 8.21. The zero-order valence-electron chi connectivity index (χ0n) is 18.4. The van der Waals surface area contributed by atoms with E-state index in [1.807, 2.05) is 30.9 Å². The SMILES string of the molecule is Cc1ccc(N2NC(=O)C(=Cc3ccc(OCC(=O)N4CCCCC4)cc3)C2=O)cc1C. The Kier molecular flexibility index (Phi) is 6.25. The summed E-state index contributed by atoms with van der Waals surface area (Å²) in [5.41, 5.74) is 6.16. The van der Waals surface area contributed by atoms with E-state index in [9.17, 15) is 14.4 Å². The van der Waals surface area contributed by atoms with Crippen LogP contribution in [0.5, 0.6) is 5.75 Å². The van der Waals surface area contributed by atoms with Gasteiger partial charge in [-0.15, -0.1) is 0 Å². The molecule has 3 amide bonds. The Morgan fingerprint density at radius 3 is 2.41 bits per heavy atom. The number of piperidine rings is 1. The Bertz CT molecular complexity index is 1070. The van der Waals surface area contributed by atoms with Gasteiger partial charge in [0, 0.05) is 13.1 Å². The average molecular weight is 434 g/mol. The molecule has 0 radical (unpaired) electrons. The van der Waals surface area contributed by atoms with Gasteiger partial charge in [0.05, 0.1) is 5.69 Å². The monoisotopic (exact) mass is 433 g/mol. The first-order valence-corrected chi connectivity index (χ1v) is 10.9. The fourth-order valence-electron chi connectivity index (χ4n) is 3.81. The molecule has 0 aromatic heterocycles. The van der Waals surface area contributed by atoms with Crippen LogP contribution in [0.4, 0.5) is 5.69 Å². The highest BCUT2D eigenvalue weighted by Crippen LogP contribution is 2.24. The molecule has 0 saturated carbocycles. The fourth-order valence-corrected chi connectivity index (χ4v) is 3.81. The maximum Gasteiger partial charge on any atom is 0.282 e. The molecule has 2 aromatic carbocycles. The molecule has 2 aliphatic rings. The number of hydrogen-bond donors (Lipinski definition) is 1. The molecule has 2 saturated heterocycles. The van der Waals surface area contributed by atoms with Crippen molar-refractivity contribution in [3.05, 3.63) is 64.7 Å². The highest BCUT2D eigenvalue weighted by molar-refractivity contribution is 6.31. The molecule has 2 fully saturated rings. The van der Waals surface area contributed by atoms with E-state index in [2.05, 4.69) is 5.43 Å². The van der Waals surface area contributed by atoms with E-state index < -0.39 is 11.8 Å². The molecule has 7 heteroatoms. The number of carbonyl (C=O) groups excluding carboxylic acids is 3. The normalized spacial score (nSPS) is 17.6. The summed E-state index contributed by atoms with van der Waals surface area (Å²) in [6.07, 6.45) is 4.82. The summed E-state index contributed by atoms with van der Waals surface area (Å²) < 4.78 is 5.62. The zero-order chi connectivity index (χ0) is 22.7. The molecule has 0 spiro atoms. The number of likely N-dealkylation sites (tertiary alicyclic amines) is 1. The number of carbonyl (C=O) groups is 3. The van der Waals surface area contributed by atoms with Crippen molar-refractivity contribution in [3.63, 3.8) is 0 Å². The van der Waals surface area contributed by atoms with Crippen molar-refractivity contribution < 1.29 is 19.1 Å². The van der Waals surface area contributed by atoms with Gasteiger partial charge in [-0.05, 0) is 80.1 Å². The first-order chi connectivity index (χ1) is 15.4. The smallest absolute Gasteiger partial charge is 0.282 e. The van der Waals surface area contributed by atoms with Gasteiger partial charge in [-0.1, -0.05) is 18.2 Å². The number of ether oxygens (including phenoxy) is 1. The van der Waals surface area contributed by atoms with E-state index in [0.717, 1.165) is 37.1 Å². The van der Waals surface area contributed by atoms with Crippen LogP contribution in [-0.2, 0) is 14.4 Å². The number of hydrogen-bond acceptors (Lipinski definition) is 4. The molecule has 0 unspecified atom stereocenters. The van der Waals surface area contributed by atoms with Gasteiger partial charge in [-0.25, -0.2) is 5.01 Å². The number of amides is 3. The quantitative estimate of drug-likeness (QED) is 0.580. The summed E-state index contributed by atoms with van der Waals surface area (Å²) in [5, 5.41) is 1.27. The maximum atomic E-state index is 12.8. The van der Waals surface area contributed by atoms with Gasteiger partial charge in [-0.3, -0.25) is 19.8 Å². The number of hydrazine groups is 1. The van der Waals surface area contributed by atoms with E-state index in [1.54, 1.807) is 36.4 Å². The lowest BCUT2D eigenvalue weighted by Gasteiger charge is -2.26. The van der Waals surface area contributed by atoms with Crippen LogP contribution in [0.3, 0.4) is 0 Å². The van der Waals surface area contributed by atoms with Crippen LogP contribution >= 0.6 is 0 Å². The molecule has 32 heavy (non-hydrogen) atoms. The van der Waals surface area contributed by atoms with Crippen LogP contribution in [0, 0.1) is 13.8 Å². The third-order valence-corrected chi connectivity index (χ3v) is 5.90. The summed E-state index contributed by atoms with van der Waals surface area (Å²) in [6, 6.07) is 12.6. The van der Waals surface area contributed by atoms with Crippen LogP contribution in [0.15, 0.2) is 48.0 Å². The van der Waals surface area contributed by atoms with Crippen molar-refractivity contribution in [1.82, 2.24) is 10.3 Å². The summed E-state index contributed by atoms with van der Waals surface area (Å²) in [6.45, 7) is 5.55. The number of anilines is 1. The molecule has 2 aromatic rings. The number of rotatable bonds is 5. The first-order valence-electron chi connectivity index (χ1n) is 10.9. The Morgan fingerprint density at radius 1 is 1.00 bits per heavy atom. The summed E-state index contributed by atoms with van der Waals surface area (Å²) in [4.78, 5) is 39.3. The first kappa shape index (κ1) is 21.6. The molecule has 7 nitrogen and oxygen atoms in total.